The minimum absolute atomic E-state index is 0.268. The third-order valence-corrected chi connectivity index (χ3v) is 7.78. The third-order valence-electron chi connectivity index (χ3n) is 6.78. The molecule has 2 aromatic heterocycles. The van der Waals surface area contributed by atoms with Crippen LogP contribution >= 0.6 is 11.8 Å². The predicted octanol–water partition coefficient (Wildman–Crippen LogP) is 5.00. The maximum atomic E-state index is 13.1. The second-order valence-electron chi connectivity index (χ2n) is 8.52. The van der Waals surface area contributed by atoms with E-state index in [4.69, 9.17) is 5.73 Å². The Morgan fingerprint density at radius 3 is 2.65 bits per heavy atom. The summed E-state index contributed by atoms with van der Waals surface area (Å²) in [7, 11) is 0. The third kappa shape index (κ3) is 3.78. The molecule has 1 atom stereocenters. The lowest BCUT2D eigenvalue weighted by molar-refractivity contribution is -0.137. The fourth-order valence-electron chi connectivity index (χ4n) is 4.99. The van der Waals surface area contributed by atoms with Crippen LogP contribution in [0.4, 0.5) is 19.1 Å². The Morgan fingerprint density at radius 1 is 1.13 bits per heavy atom. The molecule has 1 aromatic carbocycles. The molecule has 5 rings (SSSR count). The quantitative estimate of drug-likeness (QED) is 0.613. The molecule has 164 valence electrons. The van der Waals surface area contributed by atoms with Crippen molar-refractivity contribution in [2.75, 3.05) is 18.0 Å². The van der Waals surface area contributed by atoms with Crippen molar-refractivity contribution in [1.29, 1.82) is 0 Å². The number of hydrogen-bond donors (Lipinski definition) is 1. The molecule has 5 nitrogen and oxygen atoms in total. The van der Waals surface area contributed by atoms with Crippen LogP contribution in [0.5, 0.6) is 0 Å². The van der Waals surface area contributed by atoms with Crippen molar-refractivity contribution in [2.24, 2.45) is 11.1 Å². The van der Waals surface area contributed by atoms with E-state index in [-0.39, 0.29) is 5.41 Å². The highest BCUT2D eigenvalue weighted by molar-refractivity contribution is 7.99. The van der Waals surface area contributed by atoms with Gasteiger partial charge in [-0.1, -0.05) is 24.2 Å². The van der Waals surface area contributed by atoms with Crippen LogP contribution in [0.15, 0.2) is 52.6 Å². The van der Waals surface area contributed by atoms with Gasteiger partial charge in [-0.05, 0) is 49.3 Å². The molecule has 0 bridgehead atoms. The second kappa shape index (κ2) is 7.70. The van der Waals surface area contributed by atoms with Gasteiger partial charge in [-0.15, -0.1) is 0 Å². The Kier molecular flexibility index (Phi) is 5.13. The molecule has 3 aromatic rings. The van der Waals surface area contributed by atoms with Gasteiger partial charge < -0.3 is 10.6 Å². The van der Waals surface area contributed by atoms with Gasteiger partial charge >= 0.3 is 6.18 Å². The Hall–Kier alpha value is -2.26. The van der Waals surface area contributed by atoms with Gasteiger partial charge in [-0.2, -0.15) is 13.2 Å². The minimum Gasteiger partial charge on any atom is -0.342 e. The molecule has 2 aliphatic rings. The summed E-state index contributed by atoms with van der Waals surface area (Å²) in [6.45, 7) is 1.79. The second-order valence-corrected chi connectivity index (χ2v) is 9.63. The summed E-state index contributed by atoms with van der Waals surface area (Å²) < 4.78 is 41.1. The molecule has 31 heavy (non-hydrogen) atoms. The van der Waals surface area contributed by atoms with Crippen LogP contribution < -0.4 is 10.6 Å². The van der Waals surface area contributed by atoms with Gasteiger partial charge in [0.2, 0.25) is 5.95 Å². The van der Waals surface area contributed by atoms with Crippen LogP contribution in [-0.2, 0) is 6.18 Å². The number of imidazole rings is 1. The number of piperidine rings is 1. The number of anilines is 1. The van der Waals surface area contributed by atoms with E-state index in [1.54, 1.807) is 18.5 Å². The first-order valence-corrected chi connectivity index (χ1v) is 11.4. The van der Waals surface area contributed by atoms with Gasteiger partial charge in [0.1, 0.15) is 0 Å². The van der Waals surface area contributed by atoms with Gasteiger partial charge in [0.15, 0.2) is 5.65 Å². The summed E-state index contributed by atoms with van der Waals surface area (Å²) in [6.07, 6.45) is 6.58. The standard InChI is InChI=1S/C22H24F3N5S/c23-22(24,25)15-3-1-4-16(13-15)31-17-14-28-20(30-12-9-27-19(17)30)29-10-7-21(8-11-29)6-2-5-18(21)26/h1,3-4,9,12-14,18H,2,5-8,10-11,26H2/t18-/m1/s1. The number of nitrogens with two attached hydrogens (primary N) is 1. The van der Waals surface area contributed by atoms with Crippen molar-refractivity contribution in [3.8, 4) is 0 Å². The number of rotatable bonds is 3. The zero-order valence-electron chi connectivity index (χ0n) is 17.0. The summed E-state index contributed by atoms with van der Waals surface area (Å²) in [6, 6.07) is 5.62. The van der Waals surface area contributed by atoms with Crippen molar-refractivity contribution < 1.29 is 13.2 Å². The fourth-order valence-corrected chi connectivity index (χ4v) is 5.92. The lowest BCUT2D eigenvalue weighted by Crippen LogP contribution is -2.47. The van der Waals surface area contributed by atoms with E-state index in [2.05, 4.69) is 14.9 Å². The zero-order valence-corrected chi connectivity index (χ0v) is 17.8. The highest BCUT2D eigenvalue weighted by atomic mass is 32.2. The molecule has 1 aliphatic carbocycles. The zero-order chi connectivity index (χ0) is 21.6. The largest absolute Gasteiger partial charge is 0.416 e. The Labute approximate surface area is 182 Å². The van der Waals surface area contributed by atoms with Crippen LogP contribution in [0.25, 0.3) is 5.65 Å². The SMILES string of the molecule is N[C@@H]1CCCC12CCN(c1ncc(Sc3cccc(C(F)(F)F)c3)c3nccn13)CC2. The first-order chi connectivity index (χ1) is 14.9. The van der Waals surface area contributed by atoms with Gasteiger partial charge in [0.05, 0.1) is 10.5 Å². The average molecular weight is 448 g/mol. The van der Waals surface area contributed by atoms with E-state index in [0.717, 1.165) is 55.3 Å². The van der Waals surface area contributed by atoms with E-state index in [1.807, 2.05) is 10.6 Å². The summed E-state index contributed by atoms with van der Waals surface area (Å²) >= 11 is 1.24. The minimum atomic E-state index is -4.37. The number of alkyl halides is 3. The maximum absolute atomic E-state index is 13.1. The topological polar surface area (TPSA) is 59.5 Å². The smallest absolute Gasteiger partial charge is 0.342 e. The molecular formula is C22H24F3N5S. The van der Waals surface area contributed by atoms with Crippen LogP contribution in [0.3, 0.4) is 0 Å². The van der Waals surface area contributed by atoms with Crippen molar-refractivity contribution in [3.05, 3.63) is 48.4 Å². The van der Waals surface area contributed by atoms with Crippen molar-refractivity contribution in [3.63, 3.8) is 0 Å². The van der Waals surface area contributed by atoms with E-state index in [0.29, 0.717) is 16.6 Å². The van der Waals surface area contributed by atoms with E-state index in [1.165, 1.54) is 30.7 Å². The Bertz CT molecular complexity index is 1090. The molecule has 0 amide bonds. The van der Waals surface area contributed by atoms with E-state index < -0.39 is 11.7 Å². The Morgan fingerprint density at radius 2 is 1.94 bits per heavy atom. The highest BCUT2D eigenvalue weighted by Gasteiger charge is 2.43. The lowest BCUT2D eigenvalue weighted by Gasteiger charge is -2.42. The van der Waals surface area contributed by atoms with E-state index in [9.17, 15) is 13.2 Å². The monoisotopic (exact) mass is 447 g/mol. The number of hydrogen-bond acceptors (Lipinski definition) is 5. The molecule has 0 unspecified atom stereocenters. The van der Waals surface area contributed by atoms with Crippen LogP contribution in [0.1, 0.15) is 37.7 Å². The van der Waals surface area contributed by atoms with Crippen LogP contribution in [-0.4, -0.2) is 33.5 Å². The lowest BCUT2D eigenvalue weighted by atomic mass is 9.74. The van der Waals surface area contributed by atoms with Crippen molar-refractivity contribution in [2.45, 2.75) is 54.1 Å². The summed E-state index contributed by atoms with van der Waals surface area (Å²) in [5, 5.41) is 0. The maximum Gasteiger partial charge on any atom is 0.416 e. The first kappa shape index (κ1) is 20.6. The number of fused-ring (bicyclic) bond motifs is 1. The first-order valence-electron chi connectivity index (χ1n) is 10.5. The van der Waals surface area contributed by atoms with Gasteiger partial charge in [-0.3, -0.25) is 4.40 Å². The normalized spacial score (nSPS) is 21.3. The predicted molar refractivity (Wildman–Crippen MR) is 114 cm³/mol. The van der Waals surface area contributed by atoms with Gasteiger partial charge in [0.25, 0.3) is 0 Å². The highest BCUT2D eigenvalue weighted by Crippen LogP contribution is 2.46. The molecular weight excluding hydrogens is 423 g/mol. The van der Waals surface area contributed by atoms with Crippen LogP contribution in [0, 0.1) is 5.41 Å². The molecule has 1 saturated carbocycles. The number of halogens is 3. The molecule has 9 heteroatoms. The van der Waals surface area contributed by atoms with Crippen molar-refractivity contribution >= 4 is 23.4 Å². The number of nitrogens with zero attached hydrogens (tertiary/aromatic N) is 4. The molecule has 1 spiro atoms. The van der Waals surface area contributed by atoms with Crippen LogP contribution in [0.2, 0.25) is 0 Å². The molecule has 2 N–H and O–H groups in total. The Balaban J connectivity index is 1.39. The molecule has 0 radical (unpaired) electrons. The summed E-state index contributed by atoms with van der Waals surface area (Å²) in [5.41, 5.74) is 6.72. The van der Waals surface area contributed by atoms with E-state index >= 15 is 0 Å². The number of aromatic nitrogens is 3. The molecule has 3 heterocycles. The number of benzene rings is 1. The average Bonchev–Trinajstić information content (AvgIpc) is 3.37. The fraction of sp³-hybridized carbons (Fsp3) is 0.455. The van der Waals surface area contributed by atoms with Gasteiger partial charge in [0, 0.05) is 42.6 Å². The van der Waals surface area contributed by atoms with Crippen molar-refractivity contribution in [1.82, 2.24) is 14.4 Å². The molecule has 1 aliphatic heterocycles. The summed E-state index contributed by atoms with van der Waals surface area (Å²) in [4.78, 5) is 12.6. The molecule has 2 fully saturated rings. The molecule has 1 saturated heterocycles. The summed E-state index contributed by atoms with van der Waals surface area (Å²) in [5.74, 6) is 0.822. The van der Waals surface area contributed by atoms with Gasteiger partial charge in [-0.25, -0.2) is 9.97 Å².